The molecule has 442 valence electrons. The largest absolute Gasteiger partial charge is 0.466 e. The van der Waals surface area contributed by atoms with Crippen LogP contribution in [0, 0.1) is 52.3 Å². The number of hydrogen-bond acceptors (Lipinski definition) is 14. The van der Waals surface area contributed by atoms with Gasteiger partial charge in [0.15, 0.2) is 6.73 Å². The van der Waals surface area contributed by atoms with E-state index in [9.17, 15) is 14.4 Å². The van der Waals surface area contributed by atoms with E-state index in [1.807, 2.05) is 55.4 Å². The van der Waals surface area contributed by atoms with E-state index >= 15 is 19.2 Å². The Morgan fingerprint density at radius 1 is 0.886 bits per heavy atom. The maximum Gasteiger partial charge on any atom is 0.342 e. The fraction of sp³-hybridized carbons (Fsp3) is 0.742. The minimum Gasteiger partial charge on any atom is -0.466 e. The first-order chi connectivity index (χ1) is 37.3. The molecule has 17 heteroatoms. The van der Waals surface area contributed by atoms with Gasteiger partial charge in [0.1, 0.15) is 46.9 Å². The van der Waals surface area contributed by atoms with Gasteiger partial charge in [-0.25, -0.2) is 14.4 Å². The van der Waals surface area contributed by atoms with Crippen LogP contribution in [0.5, 0.6) is 0 Å². The Hall–Kier alpha value is -4.93. The fourth-order valence-electron chi connectivity index (χ4n) is 13.6. The van der Waals surface area contributed by atoms with Gasteiger partial charge in [-0.3, -0.25) is 28.7 Å². The molecule has 6 unspecified atom stereocenters. The molecule has 3 heterocycles. The third-order valence-corrected chi connectivity index (χ3v) is 19.2. The molecule has 1 aromatic rings. The van der Waals surface area contributed by atoms with Crippen LogP contribution < -0.4 is 10.6 Å². The summed E-state index contributed by atoms with van der Waals surface area (Å²) in [4.78, 5) is 104. The highest BCUT2D eigenvalue weighted by Crippen LogP contribution is 2.44. The molecule has 2 fully saturated rings. The van der Waals surface area contributed by atoms with Gasteiger partial charge < -0.3 is 34.3 Å². The van der Waals surface area contributed by atoms with Crippen molar-refractivity contribution in [2.45, 2.75) is 223 Å². The van der Waals surface area contributed by atoms with Crippen molar-refractivity contribution in [1.82, 2.24) is 9.88 Å². The lowest BCUT2D eigenvalue weighted by atomic mass is 9.75. The zero-order valence-electron chi connectivity index (χ0n) is 50.4. The first-order valence-electron chi connectivity index (χ1n) is 29.6. The van der Waals surface area contributed by atoms with Crippen molar-refractivity contribution in [3.8, 4) is 0 Å². The number of ether oxygens (including phenoxy) is 5. The van der Waals surface area contributed by atoms with Crippen molar-refractivity contribution in [3.63, 3.8) is 0 Å². The standard InChI is InChI=1S/C62H96N4O12S/c1-17-61(18-2,23-21-25-75-55(68)37(9)10)59(72)64-53-49(57(70)77-51-40(13)27-38(11)28-41(51)14)47(35(5)6)44(63-53)31-45-48(36(7)8)50(58(71)78-52-42(15)29-39(12)30-43(52)16)54-65-60(73)62(19-3,20-4)24-22-26-79-46(32-74-34-67)56(69)76-33-66(45)54/h34-36,38-44,46,51-52H,9,17-33H2,1-8,10-16H3,(H,65,73)(H,63,64,72). The SMILES string of the molecule is C=C(C)C(=O)OCCCC(CC)(CC)C(=O)NC1=NC(Cc2c(C(C)C)c(C(=O)OC3C(C)CC(C)CC3C)c3n2COC(=O)C(COC=O)SCCCC(CC)(CC)C(=O)N3)C(C(C)C)=C1C(=O)OC1C(C)CC(C)CC1C. The molecule has 2 saturated carbocycles. The second-order valence-electron chi connectivity index (χ2n) is 24.5. The lowest BCUT2D eigenvalue weighted by Crippen LogP contribution is -2.45. The molecule has 0 saturated heterocycles. The maximum absolute atomic E-state index is 15.4. The van der Waals surface area contributed by atoms with Gasteiger partial charge in [-0.1, -0.05) is 104 Å². The van der Waals surface area contributed by atoms with Crippen LogP contribution in [0.1, 0.15) is 208 Å². The number of carbonyl (C=O) groups excluding carboxylic acids is 7. The summed E-state index contributed by atoms with van der Waals surface area (Å²) in [6.07, 6.45) is 6.50. The lowest BCUT2D eigenvalue weighted by molar-refractivity contribution is -0.152. The molecule has 0 spiro atoms. The van der Waals surface area contributed by atoms with Crippen molar-refractivity contribution in [2.24, 2.45) is 57.2 Å². The third-order valence-electron chi connectivity index (χ3n) is 18.0. The number of rotatable bonds is 21. The quantitative estimate of drug-likeness (QED) is 0.0387. The first kappa shape index (κ1) is 64.9. The molecule has 0 aromatic carbocycles. The van der Waals surface area contributed by atoms with Crippen LogP contribution in [0.2, 0.25) is 0 Å². The van der Waals surface area contributed by atoms with E-state index in [0.29, 0.717) is 92.3 Å². The number of esters is 4. The van der Waals surface area contributed by atoms with Crippen molar-refractivity contribution >= 4 is 65.6 Å². The Balaban J connectivity index is 1.78. The van der Waals surface area contributed by atoms with Gasteiger partial charge in [0, 0.05) is 28.5 Å². The number of amidine groups is 1. The molecule has 2 aliphatic heterocycles. The Morgan fingerprint density at radius 2 is 1.46 bits per heavy atom. The number of anilines is 1. The van der Waals surface area contributed by atoms with Crippen molar-refractivity contribution < 1.29 is 57.2 Å². The number of hydrogen-bond donors (Lipinski definition) is 2. The normalized spacial score (nSPS) is 26.8. The average Bonchev–Trinajstić information content (AvgIpc) is 4.03. The molecule has 0 radical (unpaired) electrons. The minimum absolute atomic E-state index is 0.0340. The van der Waals surface area contributed by atoms with E-state index < -0.39 is 64.9 Å². The molecular formula is C62H96N4O12S. The van der Waals surface area contributed by atoms with E-state index in [0.717, 1.165) is 25.7 Å². The van der Waals surface area contributed by atoms with E-state index in [-0.39, 0.29) is 95.3 Å². The summed E-state index contributed by atoms with van der Waals surface area (Å²) in [6.45, 7) is 33.5. The zero-order valence-corrected chi connectivity index (χ0v) is 51.3. The van der Waals surface area contributed by atoms with Gasteiger partial charge in [0.25, 0.3) is 6.47 Å². The van der Waals surface area contributed by atoms with Crippen molar-refractivity contribution in [3.05, 3.63) is 40.1 Å². The van der Waals surface area contributed by atoms with Gasteiger partial charge in [-0.05, 0) is 148 Å². The van der Waals surface area contributed by atoms with Gasteiger partial charge in [0.2, 0.25) is 11.8 Å². The predicted molar refractivity (Wildman–Crippen MR) is 309 cm³/mol. The summed E-state index contributed by atoms with van der Waals surface area (Å²) in [5.41, 5.74) is 0.519. The molecular weight excluding hydrogens is 1020 g/mol. The van der Waals surface area contributed by atoms with Crippen LogP contribution in [0.4, 0.5) is 5.82 Å². The van der Waals surface area contributed by atoms with Gasteiger partial charge in [-0.15, -0.1) is 11.8 Å². The molecule has 2 amide bonds. The molecule has 6 atom stereocenters. The summed E-state index contributed by atoms with van der Waals surface area (Å²) in [6, 6.07) is -0.829. The van der Waals surface area contributed by atoms with E-state index in [1.54, 1.807) is 11.5 Å². The number of nitrogens with zero attached hydrogens (tertiary/aromatic N) is 2. The number of fused-ring (bicyclic) bond motifs is 1. The van der Waals surface area contributed by atoms with Crippen molar-refractivity contribution in [2.75, 3.05) is 24.3 Å². The predicted octanol–water partition coefficient (Wildman–Crippen LogP) is 11.9. The number of aliphatic imine (C=N–C) groups is 1. The van der Waals surface area contributed by atoms with Crippen LogP contribution in [0.3, 0.4) is 0 Å². The monoisotopic (exact) mass is 1120 g/mol. The molecule has 4 aliphatic rings. The molecule has 5 rings (SSSR count). The molecule has 2 N–H and O–H groups in total. The Bertz CT molecular complexity index is 2410. The second-order valence-corrected chi connectivity index (χ2v) is 25.9. The van der Waals surface area contributed by atoms with E-state index in [4.69, 9.17) is 28.7 Å². The second kappa shape index (κ2) is 28.7. The fourth-order valence-corrected chi connectivity index (χ4v) is 14.5. The molecule has 0 bridgehead atoms. The number of thioether (sulfide) groups is 1. The highest BCUT2D eigenvalue weighted by atomic mass is 32.2. The van der Waals surface area contributed by atoms with Crippen LogP contribution in [0.25, 0.3) is 0 Å². The number of cyclic esters (lactones) is 1. The minimum atomic E-state index is -0.927. The summed E-state index contributed by atoms with van der Waals surface area (Å²) < 4.78 is 31.7. The highest BCUT2D eigenvalue weighted by molar-refractivity contribution is 8.00. The average molecular weight is 1120 g/mol. The number of nitrogens with one attached hydrogen (secondary N) is 2. The van der Waals surface area contributed by atoms with E-state index in [1.165, 1.54) is 11.8 Å². The topological polar surface area (TPSA) is 207 Å². The molecule has 1 aromatic heterocycles. The van der Waals surface area contributed by atoms with Gasteiger partial charge >= 0.3 is 23.9 Å². The molecule has 2 aliphatic carbocycles. The number of carbonyl (C=O) groups is 7. The van der Waals surface area contributed by atoms with Crippen LogP contribution in [-0.2, 0) is 65.6 Å². The maximum atomic E-state index is 15.4. The smallest absolute Gasteiger partial charge is 0.342 e. The number of aromatic nitrogens is 1. The van der Waals surface area contributed by atoms with Crippen LogP contribution in [-0.4, -0.2) is 95.0 Å². The van der Waals surface area contributed by atoms with Gasteiger partial charge in [0.05, 0.1) is 12.6 Å². The first-order valence-corrected chi connectivity index (χ1v) is 30.7. The lowest BCUT2D eigenvalue weighted by Gasteiger charge is -2.37. The summed E-state index contributed by atoms with van der Waals surface area (Å²) in [5.74, 6) is -1.78. The van der Waals surface area contributed by atoms with Crippen LogP contribution in [0.15, 0.2) is 28.3 Å². The summed E-state index contributed by atoms with van der Waals surface area (Å²) in [5, 5.41) is 5.55. The summed E-state index contributed by atoms with van der Waals surface area (Å²) >= 11 is 1.30. The zero-order chi connectivity index (χ0) is 58.7. The van der Waals surface area contributed by atoms with Gasteiger partial charge in [-0.2, -0.15) is 0 Å². The van der Waals surface area contributed by atoms with Crippen LogP contribution >= 0.6 is 11.8 Å². The van der Waals surface area contributed by atoms with Crippen molar-refractivity contribution in [1.29, 1.82) is 0 Å². The van der Waals surface area contributed by atoms with E-state index in [2.05, 4.69) is 58.8 Å². The Kier molecular flexibility index (Phi) is 23.5. The third kappa shape index (κ3) is 15.2. The molecule has 16 nitrogen and oxygen atoms in total. The number of amides is 2. The highest BCUT2D eigenvalue weighted by Gasteiger charge is 2.46. The Morgan fingerprint density at radius 3 is 1.96 bits per heavy atom. The summed E-state index contributed by atoms with van der Waals surface area (Å²) in [7, 11) is 0. The molecule has 79 heavy (non-hydrogen) atoms. The Labute approximate surface area is 475 Å².